The molecule has 1 saturated carbocycles. The van der Waals surface area contributed by atoms with Gasteiger partial charge in [0.05, 0.1) is 0 Å². The summed E-state index contributed by atoms with van der Waals surface area (Å²) in [5.41, 5.74) is -1.16. The van der Waals surface area contributed by atoms with Gasteiger partial charge in [0, 0.05) is 50.8 Å². The van der Waals surface area contributed by atoms with Crippen molar-refractivity contribution in [1.82, 2.24) is 13.6 Å². The average molecular weight is 343 g/mol. The van der Waals surface area contributed by atoms with Crippen LogP contribution in [0.3, 0.4) is 0 Å². The van der Waals surface area contributed by atoms with E-state index >= 15 is 0 Å². The van der Waals surface area contributed by atoms with Gasteiger partial charge in [-0.15, -0.1) is 0 Å². The molecule has 1 saturated heterocycles. The van der Waals surface area contributed by atoms with E-state index in [2.05, 4.69) is 4.98 Å². The number of aliphatic hydroxyl groups is 1. The number of aromatic nitrogens is 1. The number of hydrogen-bond acceptors (Lipinski definition) is 4. The number of hydrogen-bond donors (Lipinski definition) is 1. The van der Waals surface area contributed by atoms with Crippen LogP contribution in [0, 0.1) is 17.8 Å². The molecule has 2 fully saturated rings. The van der Waals surface area contributed by atoms with E-state index in [1.54, 1.807) is 12.1 Å². The molecule has 2 aliphatic rings. The lowest BCUT2D eigenvalue weighted by Gasteiger charge is -2.52. The molecule has 8 heteroatoms. The summed E-state index contributed by atoms with van der Waals surface area (Å²) in [4.78, 5) is 3.66. The minimum atomic E-state index is -3.54. The number of nitrogens with zero attached hydrogens (tertiary/aromatic N) is 3. The third-order valence-corrected chi connectivity index (χ3v) is 7.05. The van der Waals surface area contributed by atoms with Gasteiger partial charge in [-0.1, -0.05) is 12.5 Å². The topological polar surface area (TPSA) is 73.7 Å². The largest absolute Gasteiger partial charge is 0.384 e. The van der Waals surface area contributed by atoms with Crippen molar-refractivity contribution in [3.05, 3.63) is 29.8 Å². The molecule has 0 aromatic carbocycles. The Labute approximate surface area is 136 Å². The molecule has 6 nitrogen and oxygen atoms in total. The fourth-order valence-corrected chi connectivity index (χ4v) is 5.15. The first-order valence-corrected chi connectivity index (χ1v) is 9.18. The molecule has 2 unspecified atom stereocenters. The molecule has 2 bridgehead atoms. The zero-order chi connectivity index (χ0) is 16.8. The van der Waals surface area contributed by atoms with Crippen molar-refractivity contribution in [2.45, 2.75) is 24.9 Å². The van der Waals surface area contributed by atoms with E-state index in [1.165, 1.54) is 28.9 Å². The predicted octanol–water partition coefficient (Wildman–Crippen LogP) is 0.947. The van der Waals surface area contributed by atoms with Gasteiger partial charge in [0.2, 0.25) is 5.95 Å². The number of halogens is 1. The van der Waals surface area contributed by atoms with Gasteiger partial charge >= 0.3 is 0 Å². The Morgan fingerprint density at radius 1 is 1.35 bits per heavy atom. The fraction of sp³-hybridized carbons (Fsp3) is 0.667. The van der Waals surface area contributed by atoms with Crippen LogP contribution in [0.15, 0.2) is 18.3 Å². The van der Waals surface area contributed by atoms with E-state index in [-0.39, 0.29) is 30.5 Å². The molecule has 2 atom stereocenters. The minimum Gasteiger partial charge on any atom is -0.384 e. The highest BCUT2D eigenvalue weighted by Crippen LogP contribution is 2.50. The highest BCUT2D eigenvalue weighted by Gasteiger charge is 2.54. The maximum Gasteiger partial charge on any atom is 0.281 e. The first kappa shape index (κ1) is 16.8. The number of fused-ring (bicyclic) bond motifs is 2. The van der Waals surface area contributed by atoms with Crippen molar-refractivity contribution in [2.75, 3.05) is 27.2 Å². The zero-order valence-electron chi connectivity index (χ0n) is 13.3. The lowest BCUT2D eigenvalue weighted by molar-refractivity contribution is -0.136. The normalized spacial score (nSPS) is 32.2. The molecule has 0 spiro atoms. The number of rotatable bonds is 3. The Kier molecular flexibility index (Phi) is 4.20. The van der Waals surface area contributed by atoms with Gasteiger partial charge in [-0.05, 0) is 18.9 Å². The Hall–Kier alpha value is -1.09. The smallest absolute Gasteiger partial charge is 0.281 e. The van der Waals surface area contributed by atoms with Crippen molar-refractivity contribution < 1.29 is 17.9 Å². The minimum absolute atomic E-state index is 0.191. The van der Waals surface area contributed by atoms with Crippen molar-refractivity contribution in [1.29, 1.82) is 0 Å². The fourth-order valence-electron chi connectivity index (χ4n) is 3.96. The van der Waals surface area contributed by atoms with Gasteiger partial charge in [-0.25, -0.2) is 4.98 Å². The van der Waals surface area contributed by atoms with Crippen LogP contribution >= 0.6 is 0 Å². The maximum atomic E-state index is 14.2. The van der Waals surface area contributed by atoms with Gasteiger partial charge in [-0.3, -0.25) is 0 Å². The highest BCUT2D eigenvalue weighted by atomic mass is 32.2. The molecule has 23 heavy (non-hydrogen) atoms. The van der Waals surface area contributed by atoms with Gasteiger partial charge < -0.3 is 5.11 Å². The molecule has 1 aromatic rings. The SMILES string of the molecule is CN(C)S(=O)(=O)N1CC2CCCC(C1)C2(O)c1cccnc1F. The third kappa shape index (κ3) is 2.57. The number of pyridine rings is 1. The van der Waals surface area contributed by atoms with E-state index in [0.29, 0.717) is 12.8 Å². The average Bonchev–Trinajstić information content (AvgIpc) is 2.46. The quantitative estimate of drug-likeness (QED) is 0.829. The highest BCUT2D eigenvalue weighted by molar-refractivity contribution is 7.86. The van der Waals surface area contributed by atoms with Crippen LogP contribution in [0.2, 0.25) is 0 Å². The zero-order valence-corrected chi connectivity index (χ0v) is 14.1. The summed E-state index contributed by atoms with van der Waals surface area (Å²) in [6.45, 7) is 0.393. The summed E-state index contributed by atoms with van der Waals surface area (Å²) in [6, 6.07) is 3.17. The van der Waals surface area contributed by atoms with Gasteiger partial charge in [-0.2, -0.15) is 21.4 Å². The molecule has 0 amide bonds. The summed E-state index contributed by atoms with van der Waals surface area (Å²) in [6.07, 6.45) is 3.60. The van der Waals surface area contributed by atoms with Crippen LogP contribution in [-0.4, -0.2) is 54.3 Å². The van der Waals surface area contributed by atoms with Crippen LogP contribution < -0.4 is 0 Å². The number of piperidine rings is 1. The molecule has 3 rings (SSSR count). The van der Waals surface area contributed by atoms with E-state index in [9.17, 15) is 17.9 Å². The van der Waals surface area contributed by atoms with Gasteiger partial charge in [0.15, 0.2) is 0 Å². The maximum absolute atomic E-state index is 14.2. The van der Waals surface area contributed by atoms with Crippen molar-refractivity contribution in [3.8, 4) is 0 Å². The van der Waals surface area contributed by atoms with Gasteiger partial charge in [0.25, 0.3) is 10.2 Å². The second kappa shape index (κ2) is 5.77. The first-order valence-electron chi connectivity index (χ1n) is 7.79. The first-order chi connectivity index (χ1) is 10.8. The third-order valence-electron chi connectivity index (χ3n) is 5.18. The lowest BCUT2D eigenvalue weighted by Crippen LogP contribution is -2.60. The molecule has 0 radical (unpaired) electrons. The van der Waals surface area contributed by atoms with E-state index in [4.69, 9.17) is 0 Å². The summed E-state index contributed by atoms with van der Waals surface area (Å²) in [5.74, 6) is -1.33. The standard InChI is InChI=1S/C15H22FN3O3S/c1-18(2)23(21,22)19-9-11-5-3-6-12(10-19)15(11,20)13-7-4-8-17-14(13)16/h4,7-8,11-12,20H,3,5-6,9-10H2,1-2H3. The molecule has 1 N–H and O–H groups in total. The van der Waals surface area contributed by atoms with Crippen LogP contribution in [0.5, 0.6) is 0 Å². The van der Waals surface area contributed by atoms with Crippen LogP contribution in [0.25, 0.3) is 0 Å². The summed E-state index contributed by atoms with van der Waals surface area (Å²) >= 11 is 0. The van der Waals surface area contributed by atoms with E-state index in [1.807, 2.05) is 0 Å². The predicted molar refractivity (Wildman–Crippen MR) is 83.1 cm³/mol. The van der Waals surface area contributed by atoms with Crippen molar-refractivity contribution in [3.63, 3.8) is 0 Å². The lowest BCUT2D eigenvalue weighted by atomic mass is 9.63. The van der Waals surface area contributed by atoms with Crippen LogP contribution in [0.4, 0.5) is 4.39 Å². The molecule has 1 aromatic heterocycles. The Bertz CT molecular complexity index is 681. The molecule has 1 aliphatic carbocycles. The molecule has 1 aliphatic heterocycles. The van der Waals surface area contributed by atoms with Crippen molar-refractivity contribution >= 4 is 10.2 Å². The Balaban J connectivity index is 1.99. The summed E-state index contributed by atoms with van der Waals surface area (Å²) in [5, 5.41) is 11.3. The summed E-state index contributed by atoms with van der Waals surface area (Å²) < 4.78 is 41.6. The molecular weight excluding hydrogens is 321 g/mol. The van der Waals surface area contributed by atoms with Crippen LogP contribution in [-0.2, 0) is 15.8 Å². The van der Waals surface area contributed by atoms with Crippen LogP contribution in [0.1, 0.15) is 24.8 Å². The van der Waals surface area contributed by atoms with Crippen molar-refractivity contribution in [2.24, 2.45) is 11.8 Å². The summed E-state index contributed by atoms with van der Waals surface area (Å²) in [7, 11) is -0.553. The molecule has 2 heterocycles. The molecular formula is C15H22FN3O3S. The monoisotopic (exact) mass is 343 g/mol. The van der Waals surface area contributed by atoms with Gasteiger partial charge in [0.1, 0.15) is 5.60 Å². The van der Waals surface area contributed by atoms with E-state index < -0.39 is 21.8 Å². The Morgan fingerprint density at radius 2 is 1.96 bits per heavy atom. The second-order valence-electron chi connectivity index (χ2n) is 6.60. The molecule has 128 valence electrons. The van der Waals surface area contributed by atoms with E-state index in [0.717, 1.165) is 6.42 Å². The second-order valence-corrected chi connectivity index (χ2v) is 8.74. The Morgan fingerprint density at radius 3 is 2.48 bits per heavy atom.